The predicted octanol–water partition coefficient (Wildman–Crippen LogP) is 2.32. The number of halogens is 5. The monoisotopic (exact) mass is 269 g/mol. The molecular formula is C11H12F5NO. The van der Waals surface area contributed by atoms with E-state index in [1.807, 2.05) is 0 Å². The number of nitrogens with zero attached hydrogens (tertiary/aromatic N) is 1. The third-order valence-corrected chi connectivity index (χ3v) is 2.15. The molecule has 0 radical (unpaired) electrons. The van der Waals surface area contributed by atoms with E-state index in [4.69, 9.17) is 5.11 Å². The normalized spacial score (nSPS) is 12.2. The van der Waals surface area contributed by atoms with Gasteiger partial charge in [0.2, 0.25) is 0 Å². The Labute approximate surface area is 101 Å². The van der Waals surface area contributed by atoms with Crippen molar-refractivity contribution in [2.24, 2.45) is 0 Å². The van der Waals surface area contributed by atoms with E-state index in [0.717, 1.165) is 17.0 Å². The van der Waals surface area contributed by atoms with Crippen LogP contribution in [0.3, 0.4) is 0 Å². The number of aliphatic hydroxyl groups is 1. The zero-order valence-corrected chi connectivity index (χ0v) is 9.34. The highest BCUT2D eigenvalue weighted by atomic mass is 19.4. The lowest BCUT2D eigenvalue weighted by molar-refractivity contribution is -0.147. The Morgan fingerprint density at radius 1 is 1.06 bits per heavy atom. The Morgan fingerprint density at radius 2 is 1.61 bits per heavy atom. The maximum absolute atomic E-state index is 12.9. The molecule has 1 aromatic rings. The Bertz CT molecular complexity index is 373. The van der Waals surface area contributed by atoms with Gasteiger partial charge in [0.1, 0.15) is 11.6 Å². The van der Waals surface area contributed by atoms with Crippen molar-refractivity contribution in [1.29, 1.82) is 0 Å². The van der Waals surface area contributed by atoms with Crippen molar-refractivity contribution >= 4 is 0 Å². The van der Waals surface area contributed by atoms with Crippen molar-refractivity contribution in [2.75, 3.05) is 19.7 Å². The van der Waals surface area contributed by atoms with Crippen LogP contribution in [0.1, 0.15) is 5.56 Å². The minimum Gasteiger partial charge on any atom is -0.395 e. The Hall–Kier alpha value is -1.21. The van der Waals surface area contributed by atoms with Crippen LogP contribution in [-0.2, 0) is 6.54 Å². The molecule has 1 N–H and O–H groups in total. The Morgan fingerprint density at radius 3 is 2.06 bits per heavy atom. The second-order valence-corrected chi connectivity index (χ2v) is 3.83. The standard InChI is InChI=1S/C11H12F5NO/c12-9-3-8(4-10(13)5-9)6-17(1-2-18)7-11(14,15)16/h3-5,18H,1-2,6-7H2. The van der Waals surface area contributed by atoms with E-state index in [0.29, 0.717) is 6.07 Å². The lowest BCUT2D eigenvalue weighted by Crippen LogP contribution is -2.35. The third kappa shape index (κ3) is 5.42. The average molecular weight is 269 g/mol. The van der Waals surface area contributed by atoms with Crippen LogP contribution in [0, 0.1) is 11.6 Å². The van der Waals surface area contributed by atoms with Crippen molar-refractivity contribution in [2.45, 2.75) is 12.7 Å². The number of hydrogen-bond acceptors (Lipinski definition) is 2. The fourth-order valence-corrected chi connectivity index (χ4v) is 1.57. The van der Waals surface area contributed by atoms with Gasteiger partial charge in [-0.15, -0.1) is 0 Å². The summed E-state index contributed by atoms with van der Waals surface area (Å²) in [5.74, 6) is -1.69. The van der Waals surface area contributed by atoms with Gasteiger partial charge in [0.25, 0.3) is 0 Å². The molecule has 0 bridgehead atoms. The minimum atomic E-state index is -4.43. The summed E-state index contributed by atoms with van der Waals surface area (Å²) in [5.41, 5.74) is 0.0881. The van der Waals surface area contributed by atoms with Gasteiger partial charge in [0.15, 0.2) is 0 Å². The molecule has 0 saturated heterocycles. The zero-order valence-electron chi connectivity index (χ0n) is 9.34. The quantitative estimate of drug-likeness (QED) is 0.829. The number of hydrogen-bond donors (Lipinski definition) is 1. The van der Waals surface area contributed by atoms with Crippen LogP contribution in [0.5, 0.6) is 0 Å². The van der Waals surface area contributed by atoms with E-state index in [1.54, 1.807) is 0 Å². The second kappa shape index (κ2) is 6.10. The van der Waals surface area contributed by atoms with Crippen molar-refractivity contribution in [3.63, 3.8) is 0 Å². The summed E-state index contributed by atoms with van der Waals surface area (Å²) in [6.07, 6.45) is -4.43. The molecule has 0 unspecified atom stereocenters. The first-order valence-corrected chi connectivity index (χ1v) is 5.15. The maximum Gasteiger partial charge on any atom is 0.401 e. The predicted molar refractivity (Wildman–Crippen MR) is 54.8 cm³/mol. The number of alkyl halides is 3. The minimum absolute atomic E-state index is 0.0881. The van der Waals surface area contributed by atoms with Gasteiger partial charge in [-0.3, -0.25) is 4.90 Å². The second-order valence-electron chi connectivity index (χ2n) is 3.83. The van der Waals surface area contributed by atoms with Gasteiger partial charge in [0, 0.05) is 19.2 Å². The molecule has 0 aliphatic heterocycles. The van der Waals surface area contributed by atoms with Gasteiger partial charge in [-0.05, 0) is 17.7 Å². The van der Waals surface area contributed by atoms with Crippen molar-refractivity contribution < 1.29 is 27.1 Å². The molecule has 0 aromatic heterocycles. The van der Waals surface area contributed by atoms with Crippen LogP contribution in [0.4, 0.5) is 22.0 Å². The van der Waals surface area contributed by atoms with Crippen LogP contribution in [0.25, 0.3) is 0 Å². The van der Waals surface area contributed by atoms with E-state index >= 15 is 0 Å². The van der Waals surface area contributed by atoms with Crippen LogP contribution in [-0.4, -0.2) is 35.9 Å². The molecule has 102 valence electrons. The summed E-state index contributed by atoms with van der Waals surface area (Å²) in [5, 5.41) is 8.66. The van der Waals surface area contributed by atoms with E-state index in [9.17, 15) is 22.0 Å². The Kier molecular flexibility index (Phi) is 5.03. The molecule has 0 fully saturated rings. The fraction of sp³-hybridized carbons (Fsp3) is 0.455. The molecule has 2 nitrogen and oxygen atoms in total. The summed E-state index contributed by atoms with van der Waals surface area (Å²) in [7, 11) is 0. The number of benzene rings is 1. The molecule has 0 aliphatic rings. The summed E-state index contributed by atoms with van der Waals surface area (Å²) in [6.45, 7) is -2.22. The topological polar surface area (TPSA) is 23.5 Å². The van der Waals surface area contributed by atoms with Gasteiger partial charge in [-0.2, -0.15) is 13.2 Å². The Balaban J connectivity index is 2.76. The van der Waals surface area contributed by atoms with E-state index < -0.39 is 31.0 Å². The molecular weight excluding hydrogens is 257 g/mol. The highest BCUT2D eigenvalue weighted by Gasteiger charge is 2.30. The summed E-state index contributed by atoms with van der Waals surface area (Å²) in [4.78, 5) is 0.869. The summed E-state index contributed by atoms with van der Waals surface area (Å²) < 4.78 is 62.4. The van der Waals surface area contributed by atoms with Gasteiger partial charge >= 0.3 is 6.18 Å². The van der Waals surface area contributed by atoms with Crippen LogP contribution >= 0.6 is 0 Å². The highest BCUT2D eigenvalue weighted by Crippen LogP contribution is 2.18. The van der Waals surface area contributed by atoms with Crippen LogP contribution < -0.4 is 0 Å². The zero-order chi connectivity index (χ0) is 13.8. The number of aliphatic hydroxyl groups excluding tert-OH is 1. The summed E-state index contributed by atoms with van der Waals surface area (Å²) >= 11 is 0. The largest absolute Gasteiger partial charge is 0.401 e. The highest BCUT2D eigenvalue weighted by molar-refractivity contribution is 5.17. The molecule has 0 aliphatic carbocycles. The molecule has 0 amide bonds. The van der Waals surface area contributed by atoms with Crippen molar-refractivity contribution in [3.8, 4) is 0 Å². The first-order chi connectivity index (χ1) is 8.30. The molecule has 1 aromatic carbocycles. The van der Waals surface area contributed by atoms with Gasteiger partial charge in [0.05, 0.1) is 13.2 Å². The van der Waals surface area contributed by atoms with Crippen LogP contribution in [0.15, 0.2) is 18.2 Å². The summed E-state index contributed by atoms with van der Waals surface area (Å²) in [6, 6.07) is 2.57. The lowest BCUT2D eigenvalue weighted by Gasteiger charge is -2.22. The van der Waals surface area contributed by atoms with Crippen molar-refractivity contribution in [1.82, 2.24) is 4.90 Å². The molecule has 0 spiro atoms. The molecule has 0 saturated carbocycles. The lowest BCUT2D eigenvalue weighted by atomic mass is 10.2. The van der Waals surface area contributed by atoms with Gasteiger partial charge < -0.3 is 5.11 Å². The third-order valence-electron chi connectivity index (χ3n) is 2.15. The smallest absolute Gasteiger partial charge is 0.395 e. The molecule has 0 atom stereocenters. The average Bonchev–Trinajstić information content (AvgIpc) is 2.12. The first kappa shape index (κ1) is 14.8. The number of rotatable bonds is 5. The molecule has 1 rings (SSSR count). The molecule has 0 heterocycles. The molecule has 7 heteroatoms. The van der Waals surface area contributed by atoms with Crippen LogP contribution in [0.2, 0.25) is 0 Å². The maximum atomic E-state index is 12.9. The SMILES string of the molecule is OCCN(Cc1cc(F)cc(F)c1)CC(F)(F)F. The fourth-order valence-electron chi connectivity index (χ4n) is 1.57. The van der Waals surface area contributed by atoms with E-state index in [2.05, 4.69) is 0 Å². The van der Waals surface area contributed by atoms with E-state index in [-0.39, 0.29) is 18.7 Å². The van der Waals surface area contributed by atoms with Crippen molar-refractivity contribution in [3.05, 3.63) is 35.4 Å². The van der Waals surface area contributed by atoms with E-state index in [1.165, 1.54) is 0 Å². The van der Waals surface area contributed by atoms with Gasteiger partial charge in [-0.1, -0.05) is 0 Å². The van der Waals surface area contributed by atoms with Gasteiger partial charge in [-0.25, -0.2) is 8.78 Å². The first-order valence-electron chi connectivity index (χ1n) is 5.15. The molecule has 18 heavy (non-hydrogen) atoms.